The van der Waals surface area contributed by atoms with Crippen molar-refractivity contribution in [3.63, 3.8) is 0 Å². The molecule has 1 unspecified atom stereocenters. The SMILES string of the molecule is OC(CNc1ccnc(C2CC2)n1)c1ccccc1. The van der Waals surface area contributed by atoms with E-state index < -0.39 is 6.10 Å². The van der Waals surface area contributed by atoms with Crippen molar-refractivity contribution in [2.45, 2.75) is 24.9 Å². The van der Waals surface area contributed by atoms with E-state index in [-0.39, 0.29) is 0 Å². The molecule has 0 radical (unpaired) electrons. The molecule has 4 heteroatoms. The van der Waals surface area contributed by atoms with Crippen LogP contribution in [-0.4, -0.2) is 21.6 Å². The Labute approximate surface area is 112 Å². The molecular formula is C15H17N3O. The minimum Gasteiger partial charge on any atom is -0.387 e. The van der Waals surface area contributed by atoms with Gasteiger partial charge in [0.05, 0.1) is 6.10 Å². The topological polar surface area (TPSA) is 58.0 Å². The highest BCUT2D eigenvalue weighted by atomic mass is 16.3. The molecule has 1 saturated carbocycles. The smallest absolute Gasteiger partial charge is 0.133 e. The molecule has 1 atom stereocenters. The Morgan fingerprint density at radius 1 is 1.21 bits per heavy atom. The molecule has 0 spiro atoms. The predicted octanol–water partition coefficient (Wildman–Crippen LogP) is 2.50. The lowest BCUT2D eigenvalue weighted by Gasteiger charge is -2.12. The van der Waals surface area contributed by atoms with Gasteiger partial charge in [-0.15, -0.1) is 0 Å². The third-order valence-corrected chi connectivity index (χ3v) is 3.28. The number of hydrogen-bond donors (Lipinski definition) is 2. The predicted molar refractivity (Wildman–Crippen MR) is 73.9 cm³/mol. The second kappa shape index (κ2) is 5.36. The minimum absolute atomic E-state index is 0.450. The van der Waals surface area contributed by atoms with Crippen molar-refractivity contribution in [2.24, 2.45) is 0 Å². The van der Waals surface area contributed by atoms with Crippen molar-refractivity contribution in [1.82, 2.24) is 9.97 Å². The lowest BCUT2D eigenvalue weighted by atomic mass is 10.1. The van der Waals surface area contributed by atoms with Gasteiger partial charge in [-0.3, -0.25) is 0 Å². The van der Waals surface area contributed by atoms with E-state index >= 15 is 0 Å². The van der Waals surface area contributed by atoms with E-state index in [2.05, 4.69) is 15.3 Å². The first kappa shape index (κ1) is 12.1. The first-order valence-corrected chi connectivity index (χ1v) is 6.63. The van der Waals surface area contributed by atoms with Crippen molar-refractivity contribution >= 4 is 5.82 Å². The van der Waals surface area contributed by atoms with Crippen LogP contribution in [0.1, 0.15) is 36.3 Å². The van der Waals surface area contributed by atoms with Crippen LogP contribution in [0.4, 0.5) is 5.82 Å². The molecule has 4 nitrogen and oxygen atoms in total. The van der Waals surface area contributed by atoms with E-state index in [1.807, 2.05) is 36.4 Å². The van der Waals surface area contributed by atoms with Gasteiger partial charge in [0, 0.05) is 18.7 Å². The maximum Gasteiger partial charge on any atom is 0.133 e. The fourth-order valence-corrected chi connectivity index (χ4v) is 2.00. The molecule has 0 bridgehead atoms. The average molecular weight is 255 g/mol. The quantitative estimate of drug-likeness (QED) is 0.862. The van der Waals surface area contributed by atoms with Crippen molar-refractivity contribution in [1.29, 1.82) is 0 Å². The largest absolute Gasteiger partial charge is 0.387 e. The minimum atomic E-state index is -0.527. The second-order valence-corrected chi connectivity index (χ2v) is 4.88. The van der Waals surface area contributed by atoms with Gasteiger partial charge in [0.1, 0.15) is 11.6 Å². The van der Waals surface area contributed by atoms with Crippen molar-refractivity contribution < 1.29 is 5.11 Å². The standard InChI is InChI=1S/C15H17N3O/c19-13(11-4-2-1-3-5-11)10-17-14-8-9-16-15(18-14)12-6-7-12/h1-5,8-9,12-13,19H,6-7,10H2,(H,16,17,18). The Morgan fingerprint density at radius 3 is 2.74 bits per heavy atom. The summed E-state index contributed by atoms with van der Waals surface area (Å²) in [7, 11) is 0. The van der Waals surface area contributed by atoms with Gasteiger partial charge in [-0.2, -0.15) is 0 Å². The van der Waals surface area contributed by atoms with Gasteiger partial charge in [-0.1, -0.05) is 30.3 Å². The van der Waals surface area contributed by atoms with E-state index in [9.17, 15) is 5.11 Å². The molecule has 2 aromatic rings. The molecule has 0 amide bonds. The van der Waals surface area contributed by atoms with Gasteiger partial charge >= 0.3 is 0 Å². The summed E-state index contributed by atoms with van der Waals surface area (Å²) in [6, 6.07) is 11.5. The Morgan fingerprint density at radius 2 is 2.00 bits per heavy atom. The zero-order chi connectivity index (χ0) is 13.1. The summed E-state index contributed by atoms with van der Waals surface area (Å²) in [6.07, 6.45) is 3.63. The van der Waals surface area contributed by atoms with Gasteiger partial charge in [-0.05, 0) is 24.5 Å². The van der Waals surface area contributed by atoms with E-state index in [0.29, 0.717) is 12.5 Å². The number of aliphatic hydroxyl groups is 1. The number of hydrogen-bond acceptors (Lipinski definition) is 4. The van der Waals surface area contributed by atoms with E-state index in [0.717, 1.165) is 17.2 Å². The Balaban J connectivity index is 1.61. The van der Waals surface area contributed by atoms with Crippen LogP contribution in [0.2, 0.25) is 0 Å². The molecule has 2 N–H and O–H groups in total. The summed E-state index contributed by atoms with van der Waals surface area (Å²) in [4.78, 5) is 8.74. The highest BCUT2D eigenvalue weighted by molar-refractivity contribution is 5.34. The maximum atomic E-state index is 10.1. The maximum absolute atomic E-state index is 10.1. The molecule has 0 saturated heterocycles. The van der Waals surface area contributed by atoms with Gasteiger partial charge in [-0.25, -0.2) is 9.97 Å². The summed E-state index contributed by atoms with van der Waals surface area (Å²) in [5.74, 6) is 2.24. The van der Waals surface area contributed by atoms with Crippen molar-refractivity contribution in [3.05, 3.63) is 54.0 Å². The van der Waals surface area contributed by atoms with Gasteiger partial charge in [0.15, 0.2) is 0 Å². The third-order valence-electron chi connectivity index (χ3n) is 3.28. The van der Waals surface area contributed by atoms with Crippen LogP contribution < -0.4 is 5.32 Å². The number of rotatable bonds is 5. The number of nitrogens with zero attached hydrogens (tertiary/aromatic N) is 2. The van der Waals surface area contributed by atoms with Gasteiger partial charge in [0.2, 0.25) is 0 Å². The summed E-state index contributed by atoms with van der Waals surface area (Å²) in [5.41, 5.74) is 0.909. The lowest BCUT2D eigenvalue weighted by molar-refractivity contribution is 0.191. The fourth-order valence-electron chi connectivity index (χ4n) is 2.00. The highest BCUT2D eigenvalue weighted by Crippen LogP contribution is 2.38. The van der Waals surface area contributed by atoms with Gasteiger partial charge < -0.3 is 10.4 Å². The second-order valence-electron chi connectivity index (χ2n) is 4.88. The van der Waals surface area contributed by atoms with Crippen LogP contribution in [-0.2, 0) is 0 Å². The molecule has 1 aromatic heterocycles. The molecule has 1 aliphatic rings. The van der Waals surface area contributed by atoms with Crippen molar-refractivity contribution in [2.75, 3.05) is 11.9 Å². The van der Waals surface area contributed by atoms with Crippen LogP contribution in [0.25, 0.3) is 0 Å². The molecular weight excluding hydrogens is 238 g/mol. The monoisotopic (exact) mass is 255 g/mol. The number of benzene rings is 1. The zero-order valence-corrected chi connectivity index (χ0v) is 10.7. The highest BCUT2D eigenvalue weighted by Gasteiger charge is 2.26. The van der Waals surface area contributed by atoms with Crippen molar-refractivity contribution in [3.8, 4) is 0 Å². The van der Waals surface area contributed by atoms with Crippen LogP contribution in [0.3, 0.4) is 0 Å². The molecule has 0 aliphatic heterocycles. The van der Waals surface area contributed by atoms with Crippen LogP contribution >= 0.6 is 0 Å². The molecule has 98 valence electrons. The number of aromatic nitrogens is 2. The molecule has 19 heavy (non-hydrogen) atoms. The van der Waals surface area contributed by atoms with E-state index in [1.165, 1.54) is 12.8 Å². The third kappa shape index (κ3) is 3.09. The molecule has 1 aliphatic carbocycles. The van der Waals surface area contributed by atoms with Crippen LogP contribution in [0, 0.1) is 0 Å². The zero-order valence-electron chi connectivity index (χ0n) is 10.7. The first-order valence-electron chi connectivity index (χ1n) is 6.63. The first-order chi connectivity index (χ1) is 9.33. The summed E-state index contributed by atoms with van der Waals surface area (Å²) in [5, 5.41) is 13.2. The summed E-state index contributed by atoms with van der Waals surface area (Å²) in [6.45, 7) is 0.450. The Kier molecular flexibility index (Phi) is 3.42. The average Bonchev–Trinajstić information content (AvgIpc) is 3.31. The normalized spacial score (nSPS) is 16.1. The van der Waals surface area contributed by atoms with Crippen LogP contribution in [0.15, 0.2) is 42.6 Å². The van der Waals surface area contributed by atoms with Crippen LogP contribution in [0.5, 0.6) is 0 Å². The summed E-state index contributed by atoms with van der Waals surface area (Å²) >= 11 is 0. The molecule has 1 fully saturated rings. The van der Waals surface area contributed by atoms with Gasteiger partial charge in [0.25, 0.3) is 0 Å². The number of aliphatic hydroxyl groups excluding tert-OH is 1. The van der Waals surface area contributed by atoms with E-state index in [1.54, 1.807) is 6.20 Å². The number of anilines is 1. The lowest BCUT2D eigenvalue weighted by Crippen LogP contribution is -2.13. The molecule has 1 heterocycles. The molecule has 3 rings (SSSR count). The summed E-state index contributed by atoms with van der Waals surface area (Å²) < 4.78 is 0. The fraction of sp³-hybridized carbons (Fsp3) is 0.333. The Hall–Kier alpha value is -1.94. The number of nitrogens with one attached hydrogen (secondary N) is 1. The molecule has 1 aromatic carbocycles. The van der Waals surface area contributed by atoms with E-state index in [4.69, 9.17) is 0 Å². The Bertz CT molecular complexity index is 540.